The van der Waals surface area contributed by atoms with Crippen LogP contribution in [0.1, 0.15) is 9.67 Å². The molecular formula is C10H8ClN3OS. The number of hydrogen-bond donors (Lipinski definition) is 2. The highest BCUT2D eigenvalue weighted by Crippen LogP contribution is 2.24. The lowest BCUT2D eigenvalue weighted by Crippen LogP contribution is -2.10. The van der Waals surface area contributed by atoms with Crippen LogP contribution in [0.15, 0.2) is 29.9 Å². The molecule has 3 N–H and O–H groups in total. The molecule has 16 heavy (non-hydrogen) atoms. The zero-order valence-corrected chi connectivity index (χ0v) is 9.68. The largest absolute Gasteiger partial charge is 0.399 e. The number of aromatic nitrogens is 1. The van der Waals surface area contributed by atoms with E-state index in [0.29, 0.717) is 21.3 Å². The number of amides is 1. The molecule has 0 saturated heterocycles. The van der Waals surface area contributed by atoms with Gasteiger partial charge in [0.25, 0.3) is 5.91 Å². The number of nitrogens with zero attached hydrogens (tertiary/aromatic N) is 1. The van der Waals surface area contributed by atoms with E-state index in [1.807, 2.05) is 0 Å². The third-order valence-corrected chi connectivity index (χ3v) is 2.98. The number of carbonyl (C=O) groups excluding carboxylic acids is 1. The van der Waals surface area contributed by atoms with Crippen LogP contribution in [0.2, 0.25) is 5.02 Å². The van der Waals surface area contributed by atoms with Gasteiger partial charge in [0.1, 0.15) is 4.88 Å². The van der Waals surface area contributed by atoms with Crippen LogP contribution in [-0.2, 0) is 0 Å². The second-order valence-electron chi connectivity index (χ2n) is 3.06. The number of hydrogen-bond acceptors (Lipinski definition) is 4. The maximum absolute atomic E-state index is 11.7. The Bertz CT molecular complexity index is 513. The lowest BCUT2D eigenvalue weighted by atomic mass is 10.3. The average molecular weight is 254 g/mol. The number of nitrogens with two attached hydrogens (primary N) is 1. The van der Waals surface area contributed by atoms with Crippen molar-refractivity contribution in [2.75, 3.05) is 11.1 Å². The molecule has 2 aromatic rings. The Kier molecular flexibility index (Phi) is 3.07. The van der Waals surface area contributed by atoms with Crippen LogP contribution in [0.25, 0.3) is 0 Å². The molecule has 0 bridgehead atoms. The number of thiazole rings is 1. The van der Waals surface area contributed by atoms with Gasteiger partial charge in [0.05, 0.1) is 22.4 Å². The van der Waals surface area contributed by atoms with Crippen molar-refractivity contribution in [1.82, 2.24) is 4.98 Å². The van der Waals surface area contributed by atoms with Crippen LogP contribution in [0, 0.1) is 0 Å². The third-order valence-electron chi connectivity index (χ3n) is 1.90. The van der Waals surface area contributed by atoms with Crippen molar-refractivity contribution >= 4 is 40.2 Å². The Morgan fingerprint density at radius 2 is 2.31 bits per heavy atom. The summed E-state index contributed by atoms with van der Waals surface area (Å²) in [6, 6.07) is 4.93. The van der Waals surface area contributed by atoms with Crippen LogP contribution in [0.3, 0.4) is 0 Å². The van der Waals surface area contributed by atoms with Gasteiger partial charge in [-0.1, -0.05) is 11.6 Å². The maximum Gasteiger partial charge on any atom is 0.267 e. The molecule has 6 heteroatoms. The number of nitrogens with one attached hydrogen (secondary N) is 1. The van der Waals surface area contributed by atoms with Gasteiger partial charge in [-0.05, 0) is 18.2 Å². The minimum absolute atomic E-state index is 0.228. The fraction of sp³-hybridized carbons (Fsp3) is 0. The van der Waals surface area contributed by atoms with Crippen molar-refractivity contribution in [1.29, 1.82) is 0 Å². The lowest BCUT2D eigenvalue weighted by molar-refractivity contribution is 0.103. The molecule has 1 aromatic heterocycles. The first-order valence-corrected chi connectivity index (χ1v) is 5.67. The molecule has 82 valence electrons. The van der Waals surface area contributed by atoms with Crippen LogP contribution in [-0.4, -0.2) is 10.9 Å². The summed E-state index contributed by atoms with van der Waals surface area (Å²) < 4.78 is 0. The van der Waals surface area contributed by atoms with E-state index in [9.17, 15) is 4.79 Å². The van der Waals surface area contributed by atoms with Crippen molar-refractivity contribution < 1.29 is 4.79 Å². The summed E-state index contributed by atoms with van der Waals surface area (Å²) >= 11 is 7.20. The Morgan fingerprint density at radius 3 is 2.94 bits per heavy atom. The zero-order chi connectivity index (χ0) is 11.5. The number of nitrogen functional groups attached to an aromatic ring is 1. The predicted molar refractivity (Wildman–Crippen MR) is 65.9 cm³/mol. The zero-order valence-electron chi connectivity index (χ0n) is 8.11. The highest BCUT2D eigenvalue weighted by Gasteiger charge is 2.09. The number of anilines is 2. The first kappa shape index (κ1) is 10.9. The summed E-state index contributed by atoms with van der Waals surface area (Å²) in [7, 11) is 0. The molecule has 0 fully saturated rings. The molecule has 0 aliphatic carbocycles. The van der Waals surface area contributed by atoms with Crippen LogP contribution in [0.4, 0.5) is 11.4 Å². The van der Waals surface area contributed by atoms with Gasteiger partial charge >= 0.3 is 0 Å². The fourth-order valence-corrected chi connectivity index (χ4v) is 1.90. The molecule has 0 unspecified atom stereocenters. The molecule has 1 amide bonds. The fourth-order valence-electron chi connectivity index (χ4n) is 1.14. The molecule has 1 aromatic carbocycles. The van der Waals surface area contributed by atoms with Crippen molar-refractivity contribution in [3.63, 3.8) is 0 Å². The van der Waals surface area contributed by atoms with E-state index in [2.05, 4.69) is 10.3 Å². The quantitative estimate of drug-likeness (QED) is 0.809. The van der Waals surface area contributed by atoms with Gasteiger partial charge in [-0.3, -0.25) is 9.78 Å². The lowest BCUT2D eigenvalue weighted by Gasteiger charge is -2.06. The molecule has 0 aliphatic rings. The van der Waals surface area contributed by atoms with Crippen molar-refractivity contribution in [3.05, 3.63) is 39.8 Å². The predicted octanol–water partition coefficient (Wildman–Crippen LogP) is 2.63. The van der Waals surface area contributed by atoms with E-state index in [4.69, 9.17) is 17.3 Å². The van der Waals surface area contributed by atoms with E-state index < -0.39 is 0 Å². The summed E-state index contributed by atoms with van der Waals surface area (Å²) in [6.07, 6.45) is 1.51. The van der Waals surface area contributed by atoms with E-state index in [1.54, 1.807) is 23.7 Å². The topological polar surface area (TPSA) is 68.0 Å². The first-order chi connectivity index (χ1) is 7.66. The highest BCUT2D eigenvalue weighted by atomic mass is 35.5. The molecule has 0 saturated carbocycles. The molecule has 0 atom stereocenters. The maximum atomic E-state index is 11.7. The number of halogens is 1. The third kappa shape index (κ3) is 2.32. The van der Waals surface area contributed by atoms with Gasteiger partial charge in [0, 0.05) is 5.69 Å². The SMILES string of the molecule is Nc1ccc(NC(=O)c2cncs2)c(Cl)c1. The summed E-state index contributed by atoms with van der Waals surface area (Å²) in [6.45, 7) is 0. The van der Waals surface area contributed by atoms with Crippen molar-refractivity contribution in [2.45, 2.75) is 0 Å². The van der Waals surface area contributed by atoms with Gasteiger partial charge in [0.15, 0.2) is 0 Å². The van der Waals surface area contributed by atoms with Crippen molar-refractivity contribution in [3.8, 4) is 0 Å². The van der Waals surface area contributed by atoms with E-state index in [0.717, 1.165) is 0 Å². The number of carbonyl (C=O) groups is 1. The smallest absolute Gasteiger partial charge is 0.267 e. The summed E-state index contributed by atoms with van der Waals surface area (Å²) in [5.74, 6) is -0.228. The summed E-state index contributed by atoms with van der Waals surface area (Å²) in [4.78, 5) is 16.0. The van der Waals surface area contributed by atoms with E-state index in [1.165, 1.54) is 17.5 Å². The molecule has 1 heterocycles. The van der Waals surface area contributed by atoms with E-state index in [-0.39, 0.29) is 5.91 Å². The molecule has 0 spiro atoms. The van der Waals surface area contributed by atoms with Crippen LogP contribution < -0.4 is 11.1 Å². The molecule has 2 rings (SSSR count). The normalized spacial score (nSPS) is 10.1. The molecule has 0 radical (unpaired) electrons. The van der Waals surface area contributed by atoms with Crippen LogP contribution in [0.5, 0.6) is 0 Å². The Hall–Kier alpha value is -1.59. The molecule has 0 aliphatic heterocycles. The van der Waals surface area contributed by atoms with Gasteiger partial charge in [-0.15, -0.1) is 11.3 Å². The second kappa shape index (κ2) is 4.51. The average Bonchev–Trinajstić information content (AvgIpc) is 2.75. The van der Waals surface area contributed by atoms with Crippen LogP contribution >= 0.6 is 22.9 Å². The number of rotatable bonds is 2. The molecular weight excluding hydrogens is 246 g/mol. The first-order valence-electron chi connectivity index (χ1n) is 4.41. The second-order valence-corrected chi connectivity index (χ2v) is 4.35. The summed E-state index contributed by atoms with van der Waals surface area (Å²) in [5.41, 5.74) is 8.24. The van der Waals surface area contributed by atoms with Crippen molar-refractivity contribution in [2.24, 2.45) is 0 Å². The van der Waals surface area contributed by atoms with Gasteiger partial charge in [-0.2, -0.15) is 0 Å². The number of benzene rings is 1. The Labute approximate surface area is 101 Å². The highest BCUT2D eigenvalue weighted by molar-refractivity contribution is 7.11. The minimum atomic E-state index is -0.228. The van der Waals surface area contributed by atoms with Gasteiger partial charge in [-0.25, -0.2) is 0 Å². The summed E-state index contributed by atoms with van der Waals surface area (Å²) in [5, 5.41) is 3.10. The standard InChI is InChI=1S/C10H8ClN3OS/c11-7-3-6(12)1-2-8(7)14-10(15)9-4-13-5-16-9/h1-5H,12H2,(H,14,15). The Morgan fingerprint density at radius 1 is 1.50 bits per heavy atom. The monoisotopic (exact) mass is 253 g/mol. The Balaban J connectivity index is 2.18. The molecule has 4 nitrogen and oxygen atoms in total. The van der Waals surface area contributed by atoms with E-state index >= 15 is 0 Å². The minimum Gasteiger partial charge on any atom is -0.399 e. The van der Waals surface area contributed by atoms with Gasteiger partial charge < -0.3 is 11.1 Å². The van der Waals surface area contributed by atoms with Gasteiger partial charge in [0.2, 0.25) is 0 Å².